The zero-order valence-corrected chi connectivity index (χ0v) is 20.1. The van der Waals surface area contributed by atoms with E-state index < -0.39 is 21.2 Å². The summed E-state index contributed by atoms with van der Waals surface area (Å²) < 4.78 is 28.4. The van der Waals surface area contributed by atoms with Crippen LogP contribution in [0, 0.1) is 0 Å². The third kappa shape index (κ3) is 5.50. The van der Waals surface area contributed by atoms with Gasteiger partial charge in [0.1, 0.15) is 0 Å². The molecule has 11 heteroatoms. The second-order valence-electron chi connectivity index (χ2n) is 5.86. The van der Waals surface area contributed by atoms with Crippen molar-refractivity contribution in [1.82, 2.24) is 9.62 Å². The monoisotopic (exact) mass is 578 g/mol. The molecule has 1 heterocycles. The summed E-state index contributed by atoms with van der Waals surface area (Å²) >= 11 is 13.1. The van der Waals surface area contributed by atoms with Crippen molar-refractivity contribution < 1.29 is 18.0 Å². The number of thioether (sulfide) groups is 1. The van der Waals surface area contributed by atoms with E-state index in [0.29, 0.717) is 14.0 Å². The molecule has 1 N–H and O–H groups in total. The molecule has 0 aromatic heterocycles. The maximum atomic E-state index is 12.5. The number of halogens is 3. The van der Waals surface area contributed by atoms with Gasteiger partial charge in [-0.15, -0.1) is 0 Å². The van der Waals surface area contributed by atoms with Crippen LogP contribution in [0.5, 0.6) is 0 Å². The molecule has 0 radical (unpaired) electrons. The predicted octanol–water partition coefficient (Wildman–Crippen LogP) is 4.88. The highest BCUT2D eigenvalue weighted by Gasteiger charge is 2.34. The number of imide groups is 1. The molecule has 1 fully saturated rings. The van der Waals surface area contributed by atoms with Gasteiger partial charge in [0.15, 0.2) is 0 Å². The highest BCUT2D eigenvalue weighted by atomic mass is 79.9. The maximum absolute atomic E-state index is 12.5. The van der Waals surface area contributed by atoms with Crippen LogP contribution in [-0.4, -0.2) is 37.6 Å². The smallest absolute Gasteiger partial charge is 0.268 e. The minimum absolute atomic E-state index is 0.0589. The molecular weight excluding hydrogens is 568 g/mol. The standard InChI is InChI=1S/C18H13Br2ClN2O4S2/c19-12-3-6-14(20)16(10-12)29(26,27)22-7-8-23-17(24)15(28-18(23)25)9-11-1-4-13(21)5-2-11/h1-6,9-10,22H,7-8H2/b15-9-. The largest absolute Gasteiger partial charge is 0.293 e. The lowest BCUT2D eigenvalue weighted by Gasteiger charge is -2.14. The summed E-state index contributed by atoms with van der Waals surface area (Å²) in [6.07, 6.45) is 1.60. The van der Waals surface area contributed by atoms with E-state index in [9.17, 15) is 18.0 Å². The van der Waals surface area contributed by atoms with Crippen molar-refractivity contribution in [3.63, 3.8) is 0 Å². The molecule has 0 aliphatic carbocycles. The van der Waals surface area contributed by atoms with Gasteiger partial charge in [0.2, 0.25) is 10.0 Å². The molecular formula is C18H13Br2ClN2O4S2. The van der Waals surface area contributed by atoms with Gasteiger partial charge < -0.3 is 0 Å². The second kappa shape index (κ2) is 9.32. The van der Waals surface area contributed by atoms with Crippen molar-refractivity contribution in [2.75, 3.05) is 13.1 Å². The molecule has 152 valence electrons. The molecule has 1 aliphatic heterocycles. The van der Waals surface area contributed by atoms with Gasteiger partial charge in [-0.05, 0) is 69.7 Å². The van der Waals surface area contributed by atoms with Crippen molar-refractivity contribution in [3.05, 3.63) is 66.9 Å². The summed E-state index contributed by atoms with van der Waals surface area (Å²) in [5.41, 5.74) is 0.736. The molecule has 2 aromatic carbocycles. The van der Waals surface area contributed by atoms with Gasteiger partial charge in [-0.25, -0.2) is 13.1 Å². The fourth-order valence-electron chi connectivity index (χ4n) is 2.46. The van der Waals surface area contributed by atoms with Gasteiger partial charge in [0, 0.05) is 27.1 Å². The van der Waals surface area contributed by atoms with Gasteiger partial charge in [-0.2, -0.15) is 0 Å². The molecule has 29 heavy (non-hydrogen) atoms. The summed E-state index contributed by atoms with van der Waals surface area (Å²) in [4.78, 5) is 26.0. The van der Waals surface area contributed by atoms with Crippen molar-refractivity contribution in [2.45, 2.75) is 4.90 Å². The number of rotatable bonds is 6. The number of nitrogens with zero attached hydrogens (tertiary/aromatic N) is 1. The SMILES string of the molecule is O=C1S/C(=C\c2ccc(Cl)cc2)C(=O)N1CCNS(=O)(=O)c1cc(Br)ccc1Br. The highest BCUT2D eigenvalue weighted by molar-refractivity contribution is 9.11. The molecule has 0 saturated carbocycles. The summed E-state index contributed by atoms with van der Waals surface area (Å²) in [6.45, 7) is -0.180. The Morgan fingerprint density at radius 1 is 1.10 bits per heavy atom. The maximum Gasteiger partial charge on any atom is 0.293 e. The molecule has 2 aromatic rings. The van der Waals surface area contributed by atoms with Gasteiger partial charge in [0.05, 0.1) is 9.80 Å². The van der Waals surface area contributed by atoms with Crippen LogP contribution in [0.1, 0.15) is 5.56 Å². The number of hydrogen-bond donors (Lipinski definition) is 1. The molecule has 1 aliphatic rings. The van der Waals surface area contributed by atoms with Crippen LogP contribution >= 0.6 is 55.2 Å². The van der Waals surface area contributed by atoms with Crippen LogP contribution in [0.3, 0.4) is 0 Å². The topological polar surface area (TPSA) is 83.6 Å². The van der Waals surface area contributed by atoms with Gasteiger partial charge in [-0.1, -0.05) is 39.7 Å². The lowest BCUT2D eigenvalue weighted by Crippen LogP contribution is -2.37. The minimum Gasteiger partial charge on any atom is -0.268 e. The number of benzene rings is 2. The molecule has 0 bridgehead atoms. The van der Waals surface area contributed by atoms with Crippen molar-refractivity contribution in [1.29, 1.82) is 0 Å². The van der Waals surface area contributed by atoms with E-state index in [-0.39, 0.29) is 22.9 Å². The molecule has 0 spiro atoms. The zero-order valence-electron chi connectivity index (χ0n) is 14.6. The third-order valence-corrected chi connectivity index (χ3v) is 7.96. The fraction of sp³-hybridized carbons (Fsp3) is 0.111. The number of hydrogen-bond acceptors (Lipinski definition) is 5. The van der Waals surface area contributed by atoms with E-state index in [1.807, 2.05) is 0 Å². The van der Waals surface area contributed by atoms with Crippen LogP contribution in [0.4, 0.5) is 4.79 Å². The molecule has 0 atom stereocenters. The molecule has 2 amide bonds. The highest BCUT2D eigenvalue weighted by Crippen LogP contribution is 2.32. The molecule has 3 rings (SSSR count). The van der Waals surface area contributed by atoms with Crippen LogP contribution in [0.15, 0.2) is 61.2 Å². The number of amides is 2. The van der Waals surface area contributed by atoms with Crippen LogP contribution < -0.4 is 4.72 Å². The summed E-state index contributed by atoms with van der Waals surface area (Å²) in [7, 11) is -3.82. The first kappa shape index (κ1) is 22.5. The van der Waals surface area contributed by atoms with Crippen molar-refractivity contribution >= 4 is 82.5 Å². The number of carbonyl (C=O) groups excluding carboxylic acids is 2. The molecule has 0 unspecified atom stereocenters. The average Bonchev–Trinajstić information content (AvgIpc) is 2.92. The van der Waals surface area contributed by atoms with E-state index in [0.717, 1.165) is 22.2 Å². The Kier molecular flexibility index (Phi) is 7.23. The Balaban J connectivity index is 1.66. The van der Waals surface area contributed by atoms with Crippen LogP contribution in [-0.2, 0) is 14.8 Å². The average molecular weight is 581 g/mol. The van der Waals surface area contributed by atoms with Gasteiger partial charge in [-0.3, -0.25) is 14.5 Å². The van der Waals surface area contributed by atoms with Crippen LogP contribution in [0.25, 0.3) is 6.08 Å². The Labute approximate surface area is 194 Å². The van der Waals surface area contributed by atoms with Crippen molar-refractivity contribution in [3.8, 4) is 0 Å². The lowest BCUT2D eigenvalue weighted by molar-refractivity contribution is -0.122. The van der Waals surface area contributed by atoms with Gasteiger partial charge >= 0.3 is 0 Å². The Morgan fingerprint density at radius 3 is 2.48 bits per heavy atom. The summed E-state index contributed by atoms with van der Waals surface area (Å²) in [5, 5.41) is 0.123. The Bertz CT molecular complexity index is 1110. The number of carbonyl (C=O) groups is 2. The first-order valence-corrected chi connectivity index (χ1v) is 12.4. The predicted molar refractivity (Wildman–Crippen MR) is 121 cm³/mol. The van der Waals surface area contributed by atoms with E-state index in [1.54, 1.807) is 42.5 Å². The van der Waals surface area contributed by atoms with Crippen molar-refractivity contribution in [2.24, 2.45) is 0 Å². The van der Waals surface area contributed by atoms with E-state index in [1.165, 1.54) is 6.07 Å². The zero-order chi connectivity index (χ0) is 21.2. The summed E-state index contributed by atoms with van der Waals surface area (Å²) in [6, 6.07) is 11.6. The number of nitrogens with one attached hydrogen (secondary N) is 1. The third-order valence-electron chi connectivity index (χ3n) is 3.85. The van der Waals surface area contributed by atoms with E-state index in [2.05, 4.69) is 36.6 Å². The molecule has 1 saturated heterocycles. The lowest BCUT2D eigenvalue weighted by atomic mass is 10.2. The second-order valence-corrected chi connectivity index (χ2v) is 10.8. The quantitative estimate of drug-likeness (QED) is 0.493. The normalized spacial score (nSPS) is 16.1. The Morgan fingerprint density at radius 2 is 1.79 bits per heavy atom. The first-order chi connectivity index (χ1) is 13.7. The van der Waals surface area contributed by atoms with E-state index in [4.69, 9.17) is 11.6 Å². The van der Waals surface area contributed by atoms with E-state index >= 15 is 0 Å². The first-order valence-electron chi connectivity index (χ1n) is 8.13. The molecule has 6 nitrogen and oxygen atoms in total. The Hall–Kier alpha value is -1.17. The summed E-state index contributed by atoms with van der Waals surface area (Å²) in [5.74, 6) is -0.460. The fourth-order valence-corrected chi connectivity index (χ4v) is 5.97. The van der Waals surface area contributed by atoms with Crippen LogP contribution in [0.2, 0.25) is 5.02 Å². The minimum atomic E-state index is -3.82. The van der Waals surface area contributed by atoms with Gasteiger partial charge in [0.25, 0.3) is 11.1 Å². The number of sulfonamides is 1.